The summed E-state index contributed by atoms with van der Waals surface area (Å²) < 4.78 is 26.2. The first kappa shape index (κ1) is 30.8. The average molecular weight is 611 g/mol. The number of likely N-dealkylation sites (N-methyl/N-ethyl adjacent to an activating group) is 1. The van der Waals surface area contributed by atoms with Crippen LogP contribution in [-0.4, -0.2) is 51.0 Å². The van der Waals surface area contributed by atoms with Crippen LogP contribution in [0.4, 0.5) is 5.69 Å². The van der Waals surface area contributed by atoms with Crippen LogP contribution in [0.5, 0.6) is 0 Å². The van der Waals surface area contributed by atoms with Crippen molar-refractivity contribution >= 4 is 62.3 Å². The molecule has 0 radical (unpaired) electrons. The van der Waals surface area contributed by atoms with Crippen LogP contribution in [0, 0.1) is 0 Å². The molecule has 3 rings (SSSR count). The maximum Gasteiger partial charge on any atom is 0.242 e. The molecule has 208 valence electrons. The molecule has 1 N–H and O–H groups in total. The Labute approximate surface area is 244 Å². The van der Waals surface area contributed by atoms with E-state index in [9.17, 15) is 18.0 Å². The fourth-order valence-electron chi connectivity index (χ4n) is 4.19. The summed E-state index contributed by atoms with van der Waals surface area (Å²) in [6, 6.07) is 20.2. The highest BCUT2D eigenvalue weighted by atomic mass is 35.5. The van der Waals surface area contributed by atoms with Crippen molar-refractivity contribution in [3.63, 3.8) is 0 Å². The number of amides is 2. The minimum absolute atomic E-state index is 0.0101. The molecule has 0 bridgehead atoms. The molecule has 0 aliphatic rings. The van der Waals surface area contributed by atoms with Gasteiger partial charge in [0.2, 0.25) is 21.8 Å². The van der Waals surface area contributed by atoms with E-state index in [-0.39, 0.29) is 37.7 Å². The Bertz CT molecular complexity index is 1400. The van der Waals surface area contributed by atoms with Gasteiger partial charge in [-0.05, 0) is 47.9 Å². The third-order valence-electron chi connectivity index (χ3n) is 6.10. The number of benzene rings is 3. The second kappa shape index (κ2) is 14.0. The quantitative estimate of drug-likeness (QED) is 0.290. The summed E-state index contributed by atoms with van der Waals surface area (Å²) in [6.07, 6.45) is 1.64. The van der Waals surface area contributed by atoms with E-state index in [2.05, 4.69) is 5.32 Å². The summed E-state index contributed by atoms with van der Waals surface area (Å²) >= 11 is 18.4. The number of halogens is 3. The average Bonchev–Trinajstić information content (AvgIpc) is 2.90. The monoisotopic (exact) mass is 609 g/mol. The van der Waals surface area contributed by atoms with Crippen LogP contribution in [0.1, 0.15) is 24.0 Å². The van der Waals surface area contributed by atoms with Gasteiger partial charge in [-0.25, -0.2) is 8.42 Å². The van der Waals surface area contributed by atoms with Crippen molar-refractivity contribution in [1.29, 1.82) is 0 Å². The van der Waals surface area contributed by atoms with Crippen LogP contribution in [0.25, 0.3) is 0 Å². The fraction of sp³-hybridized carbons (Fsp3) is 0.286. The van der Waals surface area contributed by atoms with Crippen molar-refractivity contribution in [2.45, 2.75) is 31.8 Å². The highest BCUT2D eigenvalue weighted by Crippen LogP contribution is 2.25. The van der Waals surface area contributed by atoms with E-state index in [0.717, 1.165) is 11.8 Å². The van der Waals surface area contributed by atoms with Crippen LogP contribution in [0.15, 0.2) is 72.8 Å². The number of hydrogen-bond donors (Lipinski definition) is 1. The molecule has 1 unspecified atom stereocenters. The number of carbonyl (C=O) groups excluding carboxylic acids is 2. The molecule has 0 saturated heterocycles. The van der Waals surface area contributed by atoms with Crippen LogP contribution in [0.2, 0.25) is 15.1 Å². The Kier molecular flexibility index (Phi) is 11.1. The first-order valence-electron chi connectivity index (χ1n) is 12.2. The maximum absolute atomic E-state index is 13.7. The molecule has 0 fully saturated rings. The van der Waals surface area contributed by atoms with E-state index >= 15 is 0 Å². The maximum atomic E-state index is 13.7. The van der Waals surface area contributed by atoms with Gasteiger partial charge in [0.05, 0.1) is 22.0 Å². The molecule has 0 aliphatic heterocycles. The van der Waals surface area contributed by atoms with E-state index < -0.39 is 16.1 Å². The molecule has 0 saturated carbocycles. The molecule has 2 amide bonds. The Morgan fingerprint density at radius 1 is 0.897 bits per heavy atom. The number of nitrogens with zero attached hydrogens (tertiary/aromatic N) is 2. The highest BCUT2D eigenvalue weighted by Gasteiger charge is 2.30. The van der Waals surface area contributed by atoms with Gasteiger partial charge >= 0.3 is 0 Å². The summed E-state index contributed by atoms with van der Waals surface area (Å²) in [5.41, 5.74) is 2.01. The second-order valence-electron chi connectivity index (χ2n) is 9.01. The Morgan fingerprint density at radius 3 is 2.23 bits per heavy atom. The molecule has 3 aromatic rings. The van der Waals surface area contributed by atoms with Crippen molar-refractivity contribution in [2.75, 3.05) is 24.2 Å². The van der Waals surface area contributed by atoms with Gasteiger partial charge in [0.1, 0.15) is 6.04 Å². The van der Waals surface area contributed by atoms with Gasteiger partial charge < -0.3 is 10.2 Å². The zero-order valence-corrected chi connectivity index (χ0v) is 24.7. The fourth-order valence-corrected chi connectivity index (χ4v) is 5.65. The Balaban J connectivity index is 1.86. The van der Waals surface area contributed by atoms with Crippen molar-refractivity contribution in [3.05, 3.63) is 99.0 Å². The molecule has 39 heavy (non-hydrogen) atoms. The Hall–Kier alpha value is -2.78. The smallest absolute Gasteiger partial charge is 0.242 e. The zero-order valence-electron chi connectivity index (χ0n) is 21.6. The molecular weight excluding hydrogens is 581 g/mol. The molecule has 0 spiro atoms. The third kappa shape index (κ3) is 8.86. The highest BCUT2D eigenvalue weighted by molar-refractivity contribution is 7.92. The van der Waals surface area contributed by atoms with Gasteiger partial charge in [-0.3, -0.25) is 13.9 Å². The summed E-state index contributed by atoms with van der Waals surface area (Å²) in [7, 11) is -2.10. The van der Waals surface area contributed by atoms with E-state index in [1.54, 1.807) is 42.5 Å². The lowest BCUT2D eigenvalue weighted by molar-refractivity contribution is -0.141. The van der Waals surface area contributed by atoms with Crippen molar-refractivity contribution in [3.8, 4) is 0 Å². The summed E-state index contributed by atoms with van der Waals surface area (Å²) in [5, 5.41) is 3.79. The van der Waals surface area contributed by atoms with Crippen molar-refractivity contribution in [1.82, 2.24) is 10.2 Å². The molecule has 7 nitrogen and oxygen atoms in total. The van der Waals surface area contributed by atoms with E-state index in [1.165, 1.54) is 16.3 Å². The van der Waals surface area contributed by atoms with E-state index in [0.29, 0.717) is 32.7 Å². The molecule has 0 aromatic heterocycles. The summed E-state index contributed by atoms with van der Waals surface area (Å²) in [6.45, 7) is 0.180. The summed E-state index contributed by atoms with van der Waals surface area (Å²) in [4.78, 5) is 28.2. The number of nitrogens with one attached hydrogen (secondary N) is 1. The molecule has 0 heterocycles. The standard InChI is InChI=1S/C28H30Cl3N3O4S/c1-32-28(36)26(17-20-8-4-3-5-9-20)33(19-21-13-14-24(30)25(31)16-21)27(35)12-7-15-34(39(2,37)38)23-11-6-10-22(29)18-23/h3-6,8-11,13-14,16,18,26H,7,12,15,17,19H2,1-2H3,(H,32,36). The first-order valence-corrected chi connectivity index (χ1v) is 15.2. The normalized spacial score (nSPS) is 12.0. The van der Waals surface area contributed by atoms with Crippen LogP contribution < -0.4 is 9.62 Å². The van der Waals surface area contributed by atoms with Gasteiger partial charge in [0.25, 0.3) is 0 Å². The predicted octanol–water partition coefficient (Wildman–Crippen LogP) is 5.58. The lowest BCUT2D eigenvalue weighted by Crippen LogP contribution is -2.49. The van der Waals surface area contributed by atoms with Gasteiger partial charge in [-0.1, -0.05) is 77.3 Å². The Morgan fingerprint density at radius 2 is 1.62 bits per heavy atom. The van der Waals surface area contributed by atoms with Crippen LogP contribution in [0.3, 0.4) is 0 Å². The second-order valence-corrected chi connectivity index (χ2v) is 12.2. The van der Waals surface area contributed by atoms with Crippen molar-refractivity contribution < 1.29 is 18.0 Å². The molecule has 1 atom stereocenters. The number of rotatable bonds is 12. The molecule has 11 heteroatoms. The van der Waals surface area contributed by atoms with Gasteiger partial charge in [0.15, 0.2) is 0 Å². The zero-order chi connectivity index (χ0) is 28.6. The van der Waals surface area contributed by atoms with Crippen LogP contribution >= 0.6 is 34.8 Å². The first-order chi connectivity index (χ1) is 18.5. The van der Waals surface area contributed by atoms with Gasteiger partial charge in [-0.2, -0.15) is 0 Å². The van der Waals surface area contributed by atoms with Gasteiger partial charge in [0, 0.05) is 38.0 Å². The SMILES string of the molecule is CNC(=O)C(Cc1ccccc1)N(Cc1ccc(Cl)c(Cl)c1)C(=O)CCCN(c1cccc(Cl)c1)S(C)(=O)=O. The topological polar surface area (TPSA) is 86.8 Å². The largest absolute Gasteiger partial charge is 0.357 e. The number of sulfonamides is 1. The van der Waals surface area contributed by atoms with Gasteiger partial charge in [-0.15, -0.1) is 0 Å². The summed E-state index contributed by atoms with van der Waals surface area (Å²) in [5.74, 6) is -0.617. The lowest BCUT2D eigenvalue weighted by Gasteiger charge is -2.31. The number of carbonyl (C=O) groups is 2. The minimum Gasteiger partial charge on any atom is -0.357 e. The number of anilines is 1. The lowest BCUT2D eigenvalue weighted by atomic mass is 10.0. The van der Waals surface area contributed by atoms with Crippen LogP contribution in [-0.2, 0) is 32.6 Å². The molecule has 0 aliphatic carbocycles. The molecular formula is C28H30Cl3N3O4S. The van der Waals surface area contributed by atoms with Crippen molar-refractivity contribution in [2.24, 2.45) is 0 Å². The van der Waals surface area contributed by atoms with E-state index in [1.807, 2.05) is 30.3 Å². The third-order valence-corrected chi connectivity index (χ3v) is 8.27. The minimum atomic E-state index is -3.63. The number of hydrogen-bond acceptors (Lipinski definition) is 4. The predicted molar refractivity (Wildman–Crippen MR) is 158 cm³/mol. The molecule has 3 aromatic carbocycles. The van der Waals surface area contributed by atoms with E-state index in [4.69, 9.17) is 34.8 Å².